The molecule has 0 saturated carbocycles. The summed E-state index contributed by atoms with van der Waals surface area (Å²) in [4.78, 5) is 4.60. The quantitative estimate of drug-likeness (QED) is 0.387. The standard InChI is InChI=1S/C20H28N2/c1-6-8-13-21-18(5)11-12-19(7-2)15-22-20-14-16(3)9-10-17(20)4/h7,9-12,14-15,21H,5-6,8,13H2,1-4H3/b12-11-,19-7+,22-15?. The molecule has 0 spiro atoms. The summed E-state index contributed by atoms with van der Waals surface area (Å²) in [6.07, 6.45) is 10.3. The zero-order chi connectivity index (χ0) is 16.4. The van der Waals surface area contributed by atoms with Crippen molar-refractivity contribution in [1.29, 1.82) is 0 Å². The van der Waals surface area contributed by atoms with Crippen molar-refractivity contribution in [3.05, 3.63) is 65.4 Å². The van der Waals surface area contributed by atoms with E-state index in [2.05, 4.69) is 55.9 Å². The van der Waals surface area contributed by atoms with Crippen molar-refractivity contribution >= 4 is 11.9 Å². The first-order valence-corrected chi connectivity index (χ1v) is 7.95. The third-order valence-electron chi connectivity index (χ3n) is 3.41. The van der Waals surface area contributed by atoms with E-state index >= 15 is 0 Å². The molecule has 0 amide bonds. The number of hydrogen-bond donors (Lipinski definition) is 1. The van der Waals surface area contributed by atoms with Crippen molar-refractivity contribution in [2.24, 2.45) is 4.99 Å². The van der Waals surface area contributed by atoms with Gasteiger partial charge in [-0.2, -0.15) is 0 Å². The predicted molar refractivity (Wildman–Crippen MR) is 99.0 cm³/mol. The summed E-state index contributed by atoms with van der Waals surface area (Å²) in [5.74, 6) is 0. The molecule has 0 saturated heterocycles. The van der Waals surface area contributed by atoms with Crippen LogP contribution in [0.5, 0.6) is 0 Å². The smallest absolute Gasteiger partial charge is 0.0661 e. The molecule has 2 heteroatoms. The van der Waals surface area contributed by atoms with Gasteiger partial charge in [0.05, 0.1) is 5.69 Å². The zero-order valence-electron chi connectivity index (χ0n) is 14.3. The average molecular weight is 296 g/mol. The number of unbranched alkanes of at least 4 members (excludes halogenated alkanes) is 1. The highest BCUT2D eigenvalue weighted by Gasteiger charge is 1.96. The summed E-state index contributed by atoms with van der Waals surface area (Å²) in [6.45, 7) is 13.3. The van der Waals surface area contributed by atoms with E-state index in [0.717, 1.165) is 29.9 Å². The van der Waals surface area contributed by atoms with Crippen LogP contribution in [-0.4, -0.2) is 12.8 Å². The molecule has 0 fully saturated rings. The molecular weight excluding hydrogens is 268 g/mol. The fourth-order valence-electron chi connectivity index (χ4n) is 1.90. The van der Waals surface area contributed by atoms with Gasteiger partial charge in [0.25, 0.3) is 0 Å². The van der Waals surface area contributed by atoms with Crippen LogP contribution in [0.25, 0.3) is 0 Å². The Labute approximate surface area is 135 Å². The molecule has 1 N–H and O–H groups in total. The lowest BCUT2D eigenvalue weighted by Crippen LogP contribution is -2.11. The first-order valence-electron chi connectivity index (χ1n) is 7.95. The van der Waals surface area contributed by atoms with Crippen molar-refractivity contribution in [1.82, 2.24) is 5.32 Å². The van der Waals surface area contributed by atoms with E-state index in [4.69, 9.17) is 0 Å². The Kier molecular flexibility index (Phi) is 7.98. The highest BCUT2D eigenvalue weighted by atomic mass is 14.9. The molecule has 0 atom stereocenters. The highest BCUT2D eigenvalue weighted by molar-refractivity contribution is 5.84. The van der Waals surface area contributed by atoms with Crippen molar-refractivity contribution in [3.8, 4) is 0 Å². The third-order valence-corrected chi connectivity index (χ3v) is 3.41. The van der Waals surface area contributed by atoms with Gasteiger partial charge < -0.3 is 5.32 Å². The number of aryl methyl sites for hydroxylation is 2. The maximum atomic E-state index is 4.60. The minimum absolute atomic E-state index is 0.938. The molecule has 1 aromatic carbocycles. The summed E-state index contributed by atoms with van der Waals surface area (Å²) in [6, 6.07) is 6.32. The maximum Gasteiger partial charge on any atom is 0.0661 e. The van der Waals surface area contributed by atoms with Gasteiger partial charge in [0.15, 0.2) is 0 Å². The first-order chi connectivity index (χ1) is 10.6. The monoisotopic (exact) mass is 296 g/mol. The van der Waals surface area contributed by atoms with Crippen LogP contribution < -0.4 is 5.32 Å². The number of allylic oxidation sites excluding steroid dienone is 4. The lowest BCUT2D eigenvalue weighted by atomic mass is 10.1. The molecular formula is C20H28N2. The topological polar surface area (TPSA) is 24.4 Å². The molecule has 0 bridgehead atoms. The van der Waals surface area contributed by atoms with Gasteiger partial charge in [0, 0.05) is 18.5 Å². The fourth-order valence-corrected chi connectivity index (χ4v) is 1.90. The van der Waals surface area contributed by atoms with Gasteiger partial charge in [0.1, 0.15) is 0 Å². The second kappa shape index (κ2) is 9.78. The van der Waals surface area contributed by atoms with Crippen LogP contribution in [0.2, 0.25) is 0 Å². The normalized spacial score (nSPS) is 12.3. The van der Waals surface area contributed by atoms with Gasteiger partial charge >= 0.3 is 0 Å². The molecule has 0 aliphatic heterocycles. The van der Waals surface area contributed by atoms with Gasteiger partial charge in [-0.15, -0.1) is 0 Å². The lowest BCUT2D eigenvalue weighted by Gasteiger charge is -2.04. The first kappa shape index (κ1) is 18.0. The minimum Gasteiger partial charge on any atom is -0.386 e. The van der Waals surface area contributed by atoms with E-state index in [-0.39, 0.29) is 0 Å². The Balaban J connectivity index is 2.67. The fraction of sp³-hybridized carbons (Fsp3) is 0.350. The predicted octanol–water partition coefficient (Wildman–Crippen LogP) is 5.41. The average Bonchev–Trinajstić information content (AvgIpc) is 2.51. The van der Waals surface area contributed by atoms with Crippen molar-refractivity contribution in [2.45, 2.75) is 40.5 Å². The van der Waals surface area contributed by atoms with Gasteiger partial charge in [0.2, 0.25) is 0 Å². The number of nitrogens with zero attached hydrogens (tertiary/aromatic N) is 1. The van der Waals surface area contributed by atoms with E-state index in [9.17, 15) is 0 Å². The third kappa shape index (κ3) is 6.57. The van der Waals surface area contributed by atoms with Crippen molar-refractivity contribution in [2.75, 3.05) is 6.54 Å². The molecule has 118 valence electrons. The molecule has 0 heterocycles. The molecule has 1 aromatic rings. The van der Waals surface area contributed by atoms with Crippen LogP contribution in [-0.2, 0) is 0 Å². The van der Waals surface area contributed by atoms with Crippen LogP contribution in [0, 0.1) is 13.8 Å². The molecule has 0 radical (unpaired) electrons. The Hall–Kier alpha value is -2.09. The molecule has 22 heavy (non-hydrogen) atoms. The maximum absolute atomic E-state index is 4.60. The molecule has 2 nitrogen and oxygen atoms in total. The van der Waals surface area contributed by atoms with Gasteiger partial charge in [-0.05, 0) is 56.0 Å². The van der Waals surface area contributed by atoms with Crippen LogP contribution in [0.4, 0.5) is 5.69 Å². The summed E-state index contributed by atoms with van der Waals surface area (Å²) < 4.78 is 0. The van der Waals surface area contributed by atoms with Crippen LogP contribution in [0.15, 0.2) is 59.3 Å². The van der Waals surface area contributed by atoms with E-state index < -0.39 is 0 Å². The lowest BCUT2D eigenvalue weighted by molar-refractivity contribution is 0.721. The Bertz CT molecular complexity index is 577. The molecule has 0 aliphatic carbocycles. The minimum atomic E-state index is 0.938. The number of aliphatic imine (C=N–C) groups is 1. The summed E-state index contributed by atoms with van der Waals surface area (Å²) >= 11 is 0. The Morgan fingerprint density at radius 2 is 2.05 bits per heavy atom. The van der Waals surface area contributed by atoms with Crippen molar-refractivity contribution in [3.63, 3.8) is 0 Å². The highest BCUT2D eigenvalue weighted by Crippen LogP contribution is 2.19. The van der Waals surface area contributed by atoms with Gasteiger partial charge in [-0.3, -0.25) is 4.99 Å². The SMILES string of the molecule is C=C(/C=C\C(C=Nc1cc(C)ccc1C)=C/C)NCCCC. The van der Waals surface area contributed by atoms with E-state index in [0.29, 0.717) is 0 Å². The number of rotatable bonds is 8. The largest absolute Gasteiger partial charge is 0.386 e. The van der Waals surface area contributed by atoms with Gasteiger partial charge in [-0.25, -0.2) is 0 Å². The second-order valence-corrected chi connectivity index (χ2v) is 5.48. The van der Waals surface area contributed by atoms with E-state index in [1.54, 1.807) is 0 Å². The Morgan fingerprint density at radius 3 is 2.73 bits per heavy atom. The molecule has 0 unspecified atom stereocenters. The molecule has 0 aliphatic rings. The summed E-state index contributed by atoms with van der Waals surface area (Å²) in [5, 5.41) is 3.30. The van der Waals surface area contributed by atoms with Crippen LogP contribution in [0.3, 0.4) is 0 Å². The van der Waals surface area contributed by atoms with Crippen molar-refractivity contribution < 1.29 is 0 Å². The Morgan fingerprint density at radius 1 is 1.27 bits per heavy atom. The number of hydrogen-bond acceptors (Lipinski definition) is 2. The van der Waals surface area contributed by atoms with Gasteiger partial charge in [-0.1, -0.05) is 44.2 Å². The second-order valence-electron chi connectivity index (χ2n) is 5.48. The van der Waals surface area contributed by atoms with Crippen LogP contribution in [0.1, 0.15) is 37.8 Å². The molecule has 0 aromatic heterocycles. The molecule has 1 rings (SSSR count). The summed E-state index contributed by atoms with van der Waals surface area (Å²) in [5.41, 5.74) is 5.44. The zero-order valence-corrected chi connectivity index (χ0v) is 14.3. The number of nitrogens with one attached hydrogen (secondary N) is 1. The van der Waals surface area contributed by atoms with E-state index in [1.807, 2.05) is 31.4 Å². The van der Waals surface area contributed by atoms with E-state index in [1.165, 1.54) is 17.5 Å². The summed E-state index contributed by atoms with van der Waals surface area (Å²) in [7, 11) is 0. The van der Waals surface area contributed by atoms with Crippen LogP contribution >= 0.6 is 0 Å². The number of benzene rings is 1.